The van der Waals surface area contributed by atoms with E-state index in [0.717, 1.165) is 0 Å². The minimum Gasteiger partial charge on any atom is -0.350 e. The maximum absolute atomic E-state index is 11.7. The number of hydrogen-bond donors (Lipinski definition) is 0. The molecule has 0 saturated heterocycles. The average molecular weight is 346 g/mol. The predicted molar refractivity (Wildman–Crippen MR) is 53.4 cm³/mol. The van der Waals surface area contributed by atoms with Crippen LogP contribution in [0.2, 0.25) is 0 Å². The quantitative estimate of drug-likeness (QED) is 0.210. The fraction of sp³-hybridized carbons (Fsp3) is 0.750. The first-order valence-electron chi connectivity index (χ1n) is 4.80. The van der Waals surface area contributed by atoms with Crippen LogP contribution in [-0.2, 0) is 27.6 Å². The predicted octanol–water partition coefficient (Wildman–Crippen LogP) is 2.81. The second-order valence-electron chi connectivity index (χ2n) is 3.08. The van der Waals surface area contributed by atoms with Crippen LogP contribution in [0.25, 0.3) is 0 Å². The number of rotatable bonds is 9. The summed E-state index contributed by atoms with van der Waals surface area (Å²) in [5.41, 5.74) is 0. The number of halogens is 6. The third kappa shape index (κ3) is 12.5. The van der Waals surface area contributed by atoms with E-state index in [9.17, 15) is 30.9 Å². The summed E-state index contributed by atoms with van der Waals surface area (Å²) in [7, 11) is -4.60. The zero-order valence-electron chi connectivity index (χ0n) is 10.1. The van der Waals surface area contributed by atoms with Gasteiger partial charge in [0.2, 0.25) is 0 Å². The third-order valence-electron chi connectivity index (χ3n) is 1.28. The lowest BCUT2D eigenvalue weighted by atomic mass is 10.7. The molecule has 0 aliphatic heterocycles. The largest absolute Gasteiger partial charge is 0.542 e. The van der Waals surface area contributed by atoms with Gasteiger partial charge < -0.3 is 14.0 Å². The molecule has 0 saturated carbocycles. The molecular weight excluding hydrogens is 337 g/mol. The van der Waals surface area contributed by atoms with Gasteiger partial charge in [0.25, 0.3) is 0 Å². The van der Waals surface area contributed by atoms with Crippen LogP contribution in [0.3, 0.4) is 0 Å². The number of terminal acetylenes is 1. The van der Waals surface area contributed by atoms with E-state index in [2.05, 4.69) is 29.5 Å². The Balaban J connectivity index is 4.13. The second kappa shape index (κ2) is 8.45. The van der Waals surface area contributed by atoms with Crippen LogP contribution in [-0.4, -0.2) is 39.2 Å². The van der Waals surface area contributed by atoms with E-state index < -0.39 is 47.0 Å². The standard InChI is InChI=1S/C8H9F6O6P/c1-2-18-21(15,19-5-16-3-7(9,10)11)20-6-17-4-8(12,13)14/h1H,3-6H2. The van der Waals surface area contributed by atoms with E-state index in [1.54, 1.807) is 0 Å². The molecule has 0 aromatic rings. The lowest BCUT2D eigenvalue weighted by Gasteiger charge is -2.15. The van der Waals surface area contributed by atoms with Crippen LogP contribution >= 0.6 is 7.82 Å². The topological polar surface area (TPSA) is 63.2 Å². The van der Waals surface area contributed by atoms with Crippen molar-refractivity contribution in [2.24, 2.45) is 0 Å². The van der Waals surface area contributed by atoms with Crippen molar-refractivity contribution in [3.63, 3.8) is 0 Å². The molecule has 0 amide bonds. The van der Waals surface area contributed by atoms with Crippen LogP contribution in [0.5, 0.6) is 0 Å². The molecule has 0 fully saturated rings. The summed E-state index contributed by atoms with van der Waals surface area (Å²) in [5, 5.41) is 0. The van der Waals surface area contributed by atoms with E-state index in [-0.39, 0.29) is 0 Å². The molecule has 0 aliphatic carbocycles. The van der Waals surface area contributed by atoms with Gasteiger partial charge in [-0.25, -0.2) is 13.6 Å². The van der Waals surface area contributed by atoms with Gasteiger partial charge in [-0.3, -0.25) is 0 Å². The first kappa shape index (κ1) is 20.0. The van der Waals surface area contributed by atoms with Gasteiger partial charge in [-0.15, -0.1) is 0 Å². The summed E-state index contributed by atoms with van der Waals surface area (Å²) in [5.74, 6) is 0. The number of hydrogen-bond acceptors (Lipinski definition) is 6. The summed E-state index contributed by atoms with van der Waals surface area (Å²) in [6.07, 6.45) is -3.34. The minimum absolute atomic E-state index is 1.18. The number of ether oxygens (including phenoxy) is 2. The average Bonchev–Trinajstić information content (AvgIpc) is 2.29. The maximum Gasteiger partial charge on any atom is 0.542 e. The molecular formula is C8H9F6O6P. The van der Waals surface area contributed by atoms with Crippen molar-refractivity contribution in [3.05, 3.63) is 0 Å². The van der Waals surface area contributed by atoms with Gasteiger partial charge in [-0.05, 0) is 0 Å². The van der Waals surface area contributed by atoms with Crippen molar-refractivity contribution in [2.75, 3.05) is 26.8 Å². The van der Waals surface area contributed by atoms with E-state index in [0.29, 0.717) is 0 Å². The Morgan fingerprint density at radius 3 is 1.57 bits per heavy atom. The molecule has 0 N–H and O–H groups in total. The zero-order chi connectivity index (χ0) is 16.6. The molecule has 0 bridgehead atoms. The normalized spacial score (nSPS) is 13.0. The van der Waals surface area contributed by atoms with Gasteiger partial charge in [-0.2, -0.15) is 26.3 Å². The Morgan fingerprint density at radius 2 is 1.29 bits per heavy atom. The summed E-state index contributed by atoms with van der Waals surface area (Å²) in [4.78, 5) is 0. The smallest absolute Gasteiger partial charge is 0.350 e. The Morgan fingerprint density at radius 1 is 0.905 bits per heavy atom. The van der Waals surface area contributed by atoms with Gasteiger partial charge in [0.05, 0.1) is 0 Å². The number of alkyl halides is 6. The van der Waals surface area contributed by atoms with Crippen LogP contribution in [0.15, 0.2) is 0 Å². The lowest BCUT2D eigenvalue weighted by Crippen LogP contribution is -2.19. The second-order valence-corrected chi connectivity index (χ2v) is 4.67. The van der Waals surface area contributed by atoms with Crippen molar-refractivity contribution in [3.8, 4) is 12.5 Å². The highest BCUT2D eigenvalue weighted by Gasteiger charge is 2.32. The van der Waals surface area contributed by atoms with Crippen molar-refractivity contribution >= 4 is 7.82 Å². The van der Waals surface area contributed by atoms with E-state index in [4.69, 9.17) is 0 Å². The molecule has 0 heterocycles. The van der Waals surface area contributed by atoms with Gasteiger partial charge in [0, 0.05) is 0 Å². The number of phosphoric ester groups is 1. The lowest BCUT2D eigenvalue weighted by molar-refractivity contribution is -0.194. The molecule has 0 aromatic heterocycles. The zero-order valence-corrected chi connectivity index (χ0v) is 11.0. The molecule has 0 radical (unpaired) electrons. The molecule has 0 aliphatic rings. The van der Waals surface area contributed by atoms with Gasteiger partial charge >= 0.3 is 20.2 Å². The molecule has 0 rings (SSSR count). The van der Waals surface area contributed by atoms with Crippen molar-refractivity contribution < 1.29 is 54.0 Å². The van der Waals surface area contributed by atoms with Crippen LogP contribution in [0.4, 0.5) is 26.3 Å². The molecule has 21 heavy (non-hydrogen) atoms. The highest BCUT2D eigenvalue weighted by Crippen LogP contribution is 2.49. The minimum atomic E-state index is -4.66. The molecule has 0 aromatic carbocycles. The van der Waals surface area contributed by atoms with Crippen LogP contribution in [0, 0.1) is 12.5 Å². The molecule has 0 unspecified atom stereocenters. The number of phosphoric acid groups is 1. The summed E-state index contributed by atoms with van der Waals surface area (Å²) in [6.45, 7) is -5.79. The first-order valence-corrected chi connectivity index (χ1v) is 6.26. The van der Waals surface area contributed by atoms with Gasteiger partial charge in [0.1, 0.15) is 19.3 Å². The fourth-order valence-electron chi connectivity index (χ4n) is 0.673. The van der Waals surface area contributed by atoms with Crippen molar-refractivity contribution in [2.45, 2.75) is 12.4 Å². The maximum atomic E-state index is 11.7. The van der Waals surface area contributed by atoms with E-state index in [1.807, 2.05) is 0 Å². The van der Waals surface area contributed by atoms with Gasteiger partial charge in [0.15, 0.2) is 13.6 Å². The summed E-state index contributed by atoms with van der Waals surface area (Å²) in [6, 6.07) is 0. The molecule has 0 spiro atoms. The Hall–Kier alpha value is -0.990. The SMILES string of the molecule is C#COP(=O)(OCOCC(F)(F)F)OCOCC(F)(F)F. The van der Waals surface area contributed by atoms with Crippen LogP contribution < -0.4 is 0 Å². The Labute approximate surface area is 114 Å². The van der Waals surface area contributed by atoms with Crippen molar-refractivity contribution in [1.29, 1.82) is 0 Å². The summed E-state index contributed by atoms with van der Waals surface area (Å²) < 4.78 is 102. The first-order chi connectivity index (χ1) is 9.47. The highest BCUT2D eigenvalue weighted by atomic mass is 31.2. The van der Waals surface area contributed by atoms with E-state index in [1.165, 1.54) is 6.11 Å². The molecule has 6 nitrogen and oxygen atoms in total. The Kier molecular flexibility index (Phi) is 8.05. The molecule has 0 atom stereocenters. The molecule has 124 valence electrons. The fourth-order valence-corrected chi connectivity index (χ4v) is 1.39. The monoisotopic (exact) mass is 346 g/mol. The van der Waals surface area contributed by atoms with Crippen molar-refractivity contribution in [1.82, 2.24) is 0 Å². The van der Waals surface area contributed by atoms with Gasteiger partial charge in [-0.1, -0.05) is 6.42 Å². The summed E-state index contributed by atoms with van der Waals surface area (Å²) >= 11 is 0. The highest BCUT2D eigenvalue weighted by molar-refractivity contribution is 7.48. The Bertz CT molecular complexity index is 362. The van der Waals surface area contributed by atoms with Crippen LogP contribution in [0.1, 0.15) is 0 Å². The molecule has 13 heteroatoms. The third-order valence-corrected chi connectivity index (χ3v) is 2.46. The van der Waals surface area contributed by atoms with E-state index >= 15 is 0 Å².